The molecule has 2 N–H and O–H groups in total. The van der Waals surface area contributed by atoms with E-state index in [0.29, 0.717) is 0 Å². The molecule has 0 aromatic heterocycles. The first-order valence-electron chi connectivity index (χ1n) is 5.74. The summed E-state index contributed by atoms with van der Waals surface area (Å²) in [6, 6.07) is 0.481. The SMILES string of the molecule is Cc1ccc(F)c(NC(=O)N2CSC[C@H]2C(=O)O)c1F. The van der Waals surface area contributed by atoms with Crippen molar-refractivity contribution >= 4 is 29.4 Å². The molecule has 108 valence electrons. The molecule has 1 aliphatic rings. The highest BCUT2D eigenvalue weighted by Gasteiger charge is 2.35. The van der Waals surface area contributed by atoms with Crippen LogP contribution in [0, 0.1) is 18.6 Å². The molecular formula is C12H12F2N2O3S. The van der Waals surface area contributed by atoms with Gasteiger partial charge in [0.15, 0.2) is 5.82 Å². The number of carbonyl (C=O) groups is 2. The number of carbonyl (C=O) groups excluding carboxylic acids is 1. The van der Waals surface area contributed by atoms with Gasteiger partial charge in [0.1, 0.15) is 17.5 Å². The van der Waals surface area contributed by atoms with Gasteiger partial charge in [0, 0.05) is 5.75 Å². The number of hydrogen-bond acceptors (Lipinski definition) is 3. The molecular weight excluding hydrogens is 290 g/mol. The van der Waals surface area contributed by atoms with E-state index >= 15 is 0 Å². The predicted molar refractivity (Wildman–Crippen MR) is 70.7 cm³/mol. The van der Waals surface area contributed by atoms with Gasteiger partial charge in [0.25, 0.3) is 0 Å². The van der Waals surface area contributed by atoms with Crippen molar-refractivity contribution in [2.24, 2.45) is 0 Å². The third-order valence-electron chi connectivity index (χ3n) is 2.94. The molecule has 1 aromatic carbocycles. The third-order valence-corrected chi connectivity index (χ3v) is 3.96. The number of thioether (sulfide) groups is 1. The van der Waals surface area contributed by atoms with Gasteiger partial charge in [-0.25, -0.2) is 18.4 Å². The maximum Gasteiger partial charge on any atom is 0.327 e. The first kappa shape index (κ1) is 14.6. The molecule has 1 aromatic rings. The fourth-order valence-corrected chi connectivity index (χ4v) is 2.94. The molecule has 5 nitrogen and oxygen atoms in total. The molecule has 0 unspecified atom stereocenters. The molecule has 0 spiro atoms. The fourth-order valence-electron chi connectivity index (χ4n) is 1.80. The maximum absolute atomic E-state index is 13.8. The molecule has 0 radical (unpaired) electrons. The number of aryl methyl sites for hydroxylation is 1. The number of benzene rings is 1. The summed E-state index contributed by atoms with van der Waals surface area (Å²) in [6.07, 6.45) is 0. The highest BCUT2D eigenvalue weighted by atomic mass is 32.2. The Morgan fingerprint density at radius 1 is 1.45 bits per heavy atom. The first-order valence-corrected chi connectivity index (χ1v) is 6.90. The summed E-state index contributed by atoms with van der Waals surface area (Å²) in [5, 5.41) is 11.1. The van der Waals surface area contributed by atoms with Gasteiger partial charge in [-0.2, -0.15) is 0 Å². The zero-order valence-corrected chi connectivity index (χ0v) is 11.3. The van der Waals surface area contributed by atoms with Crippen LogP contribution in [0.4, 0.5) is 19.3 Å². The highest BCUT2D eigenvalue weighted by Crippen LogP contribution is 2.25. The van der Waals surface area contributed by atoms with Crippen LogP contribution in [0.5, 0.6) is 0 Å². The van der Waals surface area contributed by atoms with Gasteiger partial charge in [-0.15, -0.1) is 11.8 Å². The zero-order valence-electron chi connectivity index (χ0n) is 10.5. The molecule has 2 rings (SSSR count). The lowest BCUT2D eigenvalue weighted by molar-refractivity contribution is -0.140. The molecule has 0 aliphatic carbocycles. The second-order valence-corrected chi connectivity index (χ2v) is 5.31. The number of hydrogen-bond donors (Lipinski definition) is 2. The Hall–Kier alpha value is -1.83. The van der Waals surface area contributed by atoms with Crippen molar-refractivity contribution in [2.45, 2.75) is 13.0 Å². The lowest BCUT2D eigenvalue weighted by Crippen LogP contribution is -2.44. The van der Waals surface area contributed by atoms with Crippen molar-refractivity contribution < 1.29 is 23.5 Å². The average Bonchev–Trinajstić information content (AvgIpc) is 2.88. The van der Waals surface area contributed by atoms with Crippen LogP contribution in [-0.2, 0) is 4.79 Å². The van der Waals surface area contributed by atoms with E-state index in [0.717, 1.165) is 11.0 Å². The molecule has 2 amide bonds. The summed E-state index contributed by atoms with van der Waals surface area (Å²) in [5.74, 6) is -2.49. The van der Waals surface area contributed by atoms with E-state index in [2.05, 4.69) is 5.32 Å². The van der Waals surface area contributed by atoms with Gasteiger partial charge in [-0.05, 0) is 18.6 Å². The smallest absolute Gasteiger partial charge is 0.327 e. The van der Waals surface area contributed by atoms with E-state index in [4.69, 9.17) is 5.11 Å². The van der Waals surface area contributed by atoms with Crippen LogP contribution in [0.2, 0.25) is 0 Å². The number of urea groups is 1. The van der Waals surface area contributed by atoms with Crippen molar-refractivity contribution in [1.82, 2.24) is 4.90 Å². The Bertz CT molecular complexity index is 568. The predicted octanol–water partition coefficient (Wildman–Crippen LogP) is 2.26. The van der Waals surface area contributed by atoms with Gasteiger partial charge in [0.05, 0.1) is 5.88 Å². The molecule has 8 heteroatoms. The van der Waals surface area contributed by atoms with Gasteiger partial charge in [-0.1, -0.05) is 6.07 Å². The summed E-state index contributed by atoms with van der Waals surface area (Å²) >= 11 is 1.27. The Kier molecular flexibility index (Phi) is 4.12. The standard InChI is InChI=1S/C12H12F2N2O3S/c1-6-2-3-7(13)10(9(6)14)15-12(19)16-5-20-4-8(16)11(17)18/h2-3,8H,4-5H2,1H3,(H,15,19)(H,17,18)/t8-/m0/s1. The first-order chi connectivity index (χ1) is 9.41. The van der Waals surface area contributed by atoms with Crippen LogP contribution < -0.4 is 5.32 Å². The van der Waals surface area contributed by atoms with Crippen LogP contribution >= 0.6 is 11.8 Å². The van der Waals surface area contributed by atoms with Crippen molar-refractivity contribution in [2.75, 3.05) is 16.9 Å². The Labute approximate surface area is 117 Å². The number of halogens is 2. The Balaban J connectivity index is 2.20. The lowest BCUT2D eigenvalue weighted by atomic mass is 10.2. The van der Waals surface area contributed by atoms with Gasteiger partial charge >= 0.3 is 12.0 Å². The van der Waals surface area contributed by atoms with Gasteiger partial charge in [-0.3, -0.25) is 0 Å². The van der Waals surface area contributed by atoms with Crippen LogP contribution in [0.1, 0.15) is 5.56 Å². The molecule has 1 saturated heterocycles. The van der Waals surface area contributed by atoms with Crippen molar-refractivity contribution in [3.63, 3.8) is 0 Å². The number of rotatable bonds is 2. The van der Waals surface area contributed by atoms with E-state index < -0.39 is 35.4 Å². The van der Waals surface area contributed by atoms with Crippen LogP contribution in [0.25, 0.3) is 0 Å². The number of carboxylic acid groups (broad SMARTS) is 1. The minimum Gasteiger partial charge on any atom is -0.480 e. The van der Waals surface area contributed by atoms with Crippen LogP contribution in [0.15, 0.2) is 12.1 Å². The van der Waals surface area contributed by atoms with Gasteiger partial charge < -0.3 is 15.3 Å². The third kappa shape index (κ3) is 2.69. The Morgan fingerprint density at radius 2 is 2.15 bits per heavy atom. The quantitative estimate of drug-likeness (QED) is 0.879. The molecule has 1 fully saturated rings. The minimum absolute atomic E-state index is 0.165. The van der Waals surface area contributed by atoms with Gasteiger partial charge in [0.2, 0.25) is 0 Å². The van der Waals surface area contributed by atoms with E-state index in [1.807, 2.05) is 0 Å². The number of carboxylic acids is 1. The summed E-state index contributed by atoms with van der Waals surface area (Å²) in [6.45, 7) is 1.44. The normalized spacial score (nSPS) is 18.1. The molecule has 1 aliphatic heterocycles. The van der Waals surface area contributed by atoms with E-state index in [1.165, 1.54) is 24.8 Å². The minimum atomic E-state index is -1.14. The number of nitrogens with one attached hydrogen (secondary N) is 1. The number of aliphatic carboxylic acids is 1. The average molecular weight is 302 g/mol. The van der Waals surface area contributed by atoms with Crippen molar-refractivity contribution in [3.05, 3.63) is 29.3 Å². The summed E-state index contributed by atoms with van der Waals surface area (Å²) < 4.78 is 27.3. The van der Waals surface area contributed by atoms with Crippen LogP contribution in [-0.4, -0.2) is 39.7 Å². The maximum atomic E-state index is 13.8. The second-order valence-electron chi connectivity index (χ2n) is 4.31. The number of anilines is 1. The number of amides is 2. The van der Waals surface area contributed by atoms with Crippen molar-refractivity contribution in [3.8, 4) is 0 Å². The summed E-state index contributed by atoms with van der Waals surface area (Å²) in [7, 11) is 0. The molecule has 1 atom stereocenters. The molecule has 1 heterocycles. The Morgan fingerprint density at radius 3 is 2.80 bits per heavy atom. The van der Waals surface area contributed by atoms with E-state index in [-0.39, 0.29) is 17.2 Å². The molecule has 0 saturated carbocycles. The largest absolute Gasteiger partial charge is 0.480 e. The zero-order chi connectivity index (χ0) is 14.9. The molecule has 0 bridgehead atoms. The highest BCUT2D eigenvalue weighted by molar-refractivity contribution is 7.99. The number of nitrogens with zero attached hydrogens (tertiary/aromatic N) is 1. The van der Waals surface area contributed by atoms with E-state index in [9.17, 15) is 18.4 Å². The topological polar surface area (TPSA) is 69.6 Å². The van der Waals surface area contributed by atoms with E-state index in [1.54, 1.807) is 0 Å². The second kappa shape index (κ2) is 5.66. The summed E-state index contributed by atoms with van der Waals surface area (Å²) in [4.78, 5) is 24.0. The fraction of sp³-hybridized carbons (Fsp3) is 0.333. The van der Waals surface area contributed by atoms with Crippen molar-refractivity contribution in [1.29, 1.82) is 0 Å². The summed E-state index contributed by atoms with van der Waals surface area (Å²) in [5.41, 5.74) is -0.372. The molecule has 20 heavy (non-hydrogen) atoms. The van der Waals surface area contributed by atoms with Crippen LogP contribution in [0.3, 0.4) is 0 Å². The lowest BCUT2D eigenvalue weighted by Gasteiger charge is -2.21. The monoisotopic (exact) mass is 302 g/mol.